The van der Waals surface area contributed by atoms with Crippen LogP contribution in [-0.4, -0.2) is 35.9 Å². The van der Waals surface area contributed by atoms with Crippen LogP contribution in [0.15, 0.2) is 23.9 Å². The van der Waals surface area contributed by atoms with E-state index in [2.05, 4.69) is 0 Å². The molecule has 5 heteroatoms. The first-order chi connectivity index (χ1) is 8.54. The van der Waals surface area contributed by atoms with E-state index in [1.807, 2.05) is 31.1 Å². The maximum atomic E-state index is 11.8. The average molecular weight is 252 g/mol. The molecule has 1 unspecified atom stereocenters. The minimum atomic E-state index is -0.379. The normalized spacial score (nSPS) is 18.5. The van der Waals surface area contributed by atoms with Crippen molar-refractivity contribution in [3.63, 3.8) is 0 Å². The van der Waals surface area contributed by atoms with Gasteiger partial charge in [0, 0.05) is 38.2 Å². The summed E-state index contributed by atoms with van der Waals surface area (Å²) in [5.41, 5.74) is 2.51. The highest BCUT2D eigenvalue weighted by Gasteiger charge is 2.18. The number of rotatable bonds is 6. The van der Waals surface area contributed by atoms with E-state index in [0.29, 0.717) is 12.8 Å². The van der Waals surface area contributed by atoms with Gasteiger partial charge in [-0.25, -0.2) is 5.48 Å². The highest BCUT2D eigenvalue weighted by atomic mass is 16.5. The third kappa shape index (κ3) is 4.33. The number of carbonyl (C=O) groups excluding carboxylic acids is 2. The number of carbonyl (C=O) groups is 2. The molecule has 0 heterocycles. The molecule has 5 nitrogen and oxygen atoms in total. The van der Waals surface area contributed by atoms with E-state index in [1.165, 1.54) is 0 Å². The van der Waals surface area contributed by atoms with Gasteiger partial charge in [-0.05, 0) is 18.9 Å². The Hall–Kier alpha value is -1.62. The van der Waals surface area contributed by atoms with Crippen molar-refractivity contribution in [3.05, 3.63) is 23.9 Å². The summed E-state index contributed by atoms with van der Waals surface area (Å²) in [6.07, 6.45) is 8.03. The first kappa shape index (κ1) is 14.4. The minimum Gasteiger partial charge on any atom is -0.378 e. The van der Waals surface area contributed by atoms with Gasteiger partial charge >= 0.3 is 0 Å². The number of hydroxylamine groups is 1. The molecular formula is C13H20N2O3. The summed E-state index contributed by atoms with van der Waals surface area (Å²) in [5, 5.41) is 8.33. The number of hydrogen-bond acceptors (Lipinski definition) is 4. The Kier molecular flexibility index (Phi) is 5.58. The Bertz CT molecular complexity index is 372. The summed E-state index contributed by atoms with van der Waals surface area (Å²) in [6, 6.07) is 0. The highest BCUT2D eigenvalue weighted by Crippen LogP contribution is 2.20. The number of nitrogens with one attached hydrogen (secondary N) is 1. The molecule has 0 aromatic carbocycles. The van der Waals surface area contributed by atoms with Gasteiger partial charge in [0.15, 0.2) is 5.78 Å². The van der Waals surface area contributed by atoms with Crippen LogP contribution in [0.3, 0.4) is 0 Å². The van der Waals surface area contributed by atoms with Crippen LogP contribution in [-0.2, 0) is 9.59 Å². The molecular weight excluding hydrogens is 232 g/mol. The third-order valence-electron chi connectivity index (χ3n) is 2.96. The lowest BCUT2D eigenvalue weighted by atomic mass is 9.92. The van der Waals surface area contributed by atoms with Crippen LogP contribution < -0.4 is 5.48 Å². The largest absolute Gasteiger partial charge is 0.378 e. The van der Waals surface area contributed by atoms with E-state index in [4.69, 9.17) is 5.21 Å². The van der Waals surface area contributed by atoms with Gasteiger partial charge in [-0.3, -0.25) is 14.8 Å². The predicted molar refractivity (Wildman–Crippen MR) is 67.8 cm³/mol. The summed E-state index contributed by atoms with van der Waals surface area (Å²) in [6.45, 7) is 0. The maximum Gasteiger partial charge on any atom is 0.243 e. The lowest BCUT2D eigenvalue weighted by Gasteiger charge is -2.19. The molecule has 1 aliphatic carbocycles. The van der Waals surface area contributed by atoms with E-state index >= 15 is 0 Å². The molecule has 1 amide bonds. The molecule has 1 rings (SSSR count). The molecule has 1 atom stereocenters. The van der Waals surface area contributed by atoms with Crippen LogP contribution in [0.4, 0.5) is 0 Å². The molecule has 2 N–H and O–H groups in total. The standard InChI is InChI=1S/C13H20N2O3/c1-15(2)11-8-7-10(12(16)9-11)5-3-4-6-13(17)14-18/h7-10,18H,3-6H2,1-2H3,(H,14,17). The van der Waals surface area contributed by atoms with E-state index in [9.17, 15) is 9.59 Å². The van der Waals surface area contributed by atoms with Crippen molar-refractivity contribution >= 4 is 11.7 Å². The minimum absolute atomic E-state index is 0.0779. The summed E-state index contributed by atoms with van der Waals surface area (Å²) < 4.78 is 0. The lowest BCUT2D eigenvalue weighted by Crippen LogP contribution is -2.20. The summed E-state index contributed by atoms with van der Waals surface area (Å²) in [4.78, 5) is 24.5. The molecule has 0 aromatic heterocycles. The molecule has 0 saturated carbocycles. The van der Waals surface area contributed by atoms with Gasteiger partial charge in [0.25, 0.3) is 0 Å². The van der Waals surface area contributed by atoms with E-state index < -0.39 is 0 Å². The molecule has 0 bridgehead atoms. The van der Waals surface area contributed by atoms with Gasteiger partial charge < -0.3 is 4.90 Å². The number of amides is 1. The SMILES string of the molecule is CN(C)C1=CC(=O)C(CCCCC(=O)NO)C=C1. The molecule has 0 saturated heterocycles. The maximum absolute atomic E-state index is 11.8. The van der Waals surface area contributed by atoms with Crippen LogP contribution in [0.5, 0.6) is 0 Å². The zero-order chi connectivity index (χ0) is 13.5. The molecule has 1 aliphatic rings. The van der Waals surface area contributed by atoms with Gasteiger partial charge in [-0.2, -0.15) is 0 Å². The molecule has 0 aromatic rings. The van der Waals surface area contributed by atoms with Crippen LogP contribution in [0, 0.1) is 5.92 Å². The summed E-state index contributed by atoms with van der Waals surface area (Å²) in [7, 11) is 3.80. The highest BCUT2D eigenvalue weighted by molar-refractivity contribution is 5.95. The Labute approximate surface area is 107 Å². The molecule has 100 valence electrons. The van der Waals surface area contributed by atoms with Crippen molar-refractivity contribution < 1.29 is 14.8 Å². The second-order valence-electron chi connectivity index (χ2n) is 4.61. The fourth-order valence-electron chi connectivity index (χ4n) is 1.83. The second-order valence-corrected chi connectivity index (χ2v) is 4.61. The van der Waals surface area contributed by atoms with Crippen molar-refractivity contribution in [2.24, 2.45) is 5.92 Å². The number of nitrogens with zero attached hydrogens (tertiary/aromatic N) is 1. The molecule has 18 heavy (non-hydrogen) atoms. The lowest BCUT2D eigenvalue weighted by molar-refractivity contribution is -0.129. The first-order valence-corrected chi connectivity index (χ1v) is 6.08. The van der Waals surface area contributed by atoms with Crippen molar-refractivity contribution in [2.75, 3.05) is 14.1 Å². The fraction of sp³-hybridized carbons (Fsp3) is 0.538. The number of unbranched alkanes of at least 4 members (excludes halogenated alkanes) is 1. The zero-order valence-corrected chi connectivity index (χ0v) is 10.8. The van der Waals surface area contributed by atoms with Crippen molar-refractivity contribution in [2.45, 2.75) is 25.7 Å². The van der Waals surface area contributed by atoms with Crippen molar-refractivity contribution in [1.82, 2.24) is 10.4 Å². The molecule has 0 spiro atoms. The Balaban J connectivity index is 2.32. The number of hydrogen-bond donors (Lipinski definition) is 2. The Morgan fingerprint density at radius 1 is 1.44 bits per heavy atom. The quantitative estimate of drug-likeness (QED) is 0.424. The molecule has 0 aliphatic heterocycles. The topological polar surface area (TPSA) is 69.6 Å². The number of allylic oxidation sites excluding steroid dienone is 3. The smallest absolute Gasteiger partial charge is 0.243 e. The average Bonchev–Trinajstić information content (AvgIpc) is 2.35. The van der Waals surface area contributed by atoms with Gasteiger partial charge in [-0.1, -0.05) is 12.5 Å². The van der Waals surface area contributed by atoms with Crippen LogP contribution in [0.1, 0.15) is 25.7 Å². The van der Waals surface area contributed by atoms with Gasteiger partial charge in [0.1, 0.15) is 0 Å². The first-order valence-electron chi connectivity index (χ1n) is 6.08. The summed E-state index contributed by atoms with van der Waals surface area (Å²) in [5.74, 6) is -0.339. The zero-order valence-electron chi connectivity index (χ0n) is 10.8. The Morgan fingerprint density at radius 2 is 2.17 bits per heavy atom. The Morgan fingerprint density at radius 3 is 2.72 bits per heavy atom. The van der Waals surface area contributed by atoms with Crippen molar-refractivity contribution in [3.8, 4) is 0 Å². The fourth-order valence-corrected chi connectivity index (χ4v) is 1.83. The number of likely N-dealkylation sites (N-methyl/N-ethyl adjacent to an activating group) is 1. The van der Waals surface area contributed by atoms with E-state index in [-0.39, 0.29) is 17.6 Å². The molecule has 0 fully saturated rings. The van der Waals surface area contributed by atoms with E-state index in [0.717, 1.165) is 18.5 Å². The van der Waals surface area contributed by atoms with Gasteiger partial charge in [0.2, 0.25) is 5.91 Å². The van der Waals surface area contributed by atoms with E-state index in [1.54, 1.807) is 11.6 Å². The summed E-state index contributed by atoms with van der Waals surface area (Å²) >= 11 is 0. The molecule has 0 radical (unpaired) electrons. The van der Waals surface area contributed by atoms with Gasteiger partial charge in [-0.15, -0.1) is 0 Å². The predicted octanol–water partition coefficient (Wildman–Crippen LogP) is 1.25. The second kappa shape index (κ2) is 6.96. The monoisotopic (exact) mass is 252 g/mol. The van der Waals surface area contributed by atoms with Crippen molar-refractivity contribution in [1.29, 1.82) is 0 Å². The third-order valence-corrected chi connectivity index (χ3v) is 2.96. The number of ketones is 1. The van der Waals surface area contributed by atoms with Crippen LogP contribution in [0.25, 0.3) is 0 Å². The van der Waals surface area contributed by atoms with Gasteiger partial charge in [0.05, 0.1) is 0 Å². The van der Waals surface area contributed by atoms with Crippen LogP contribution >= 0.6 is 0 Å². The van der Waals surface area contributed by atoms with Crippen LogP contribution in [0.2, 0.25) is 0 Å².